The summed E-state index contributed by atoms with van der Waals surface area (Å²) in [5.41, 5.74) is 2.05. The molecule has 1 atom stereocenters. The molecule has 1 aromatic heterocycles. The van der Waals surface area contributed by atoms with Gasteiger partial charge in [0.2, 0.25) is 0 Å². The van der Waals surface area contributed by atoms with E-state index < -0.39 is 17.7 Å². The molecule has 4 aromatic rings. The van der Waals surface area contributed by atoms with Crippen LogP contribution in [0.3, 0.4) is 0 Å². The van der Waals surface area contributed by atoms with Crippen LogP contribution in [0.2, 0.25) is 5.02 Å². The monoisotopic (exact) mass is 457 g/mol. The molecule has 1 N–H and O–H groups in total. The van der Waals surface area contributed by atoms with Crippen molar-refractivity contribution in [2.45, 2.75) is 19.0 Å². The van der Waals surface area contributed by atoms with Crippen molar-refractivity contribution in [3.05, 3.63) is 99.7 Å². The summed E-state index contributed by atoms with van der Waals surface area (Å²) in [6.45, 7) is 1.87. The van der Waals surface area contributed by atoms with Gasteiger partial charge in [-0.2, -0.15) is 13.2 Å². The number of nitrogens with one attached hydrogen (secondary N) is 1. The van der Waals surface area contributed by atoms with Crippen LogP contribution in [0.25, 0.3) is 10.9 Å². The number of carbonyl (C=O) groups is 1. The lowest BCUT2D eigenvalue weighted by Crippen LogP contribution is -2.16. The van der Waals surface area contributed by atoms with Gasteiger partial charge in [0.15, 0.2) is 5.78 Å². The summed E-state index contributed by atoms with van der Waals surface area (Å²) in [5, 5.41) is 0.752. The minimum Gasteiger partial charge on any atom is -0.496 e. The number of benzene rings is 3. The number of aromatic nitrogens is 1. The van der Waals surface area contributed by atoms with E-state index in [9.17, 15) is 18.0 Å². The molecule has 0 amide bonds. The number of aromatic amines is 1. The summed E-state index contributed by atoms with van der Waals surface area (Å²) < 4.78 is 45.6. The number of methoxy groups -OCH3 is 1. The molecule has 0 aliphatic heterocycles. The smallest absolute Gasteiger partial charge is 0.416 e. The number of fused-ring (bicyclic) bond motifs is 1. The molecule has 0 bridgehead atoms. The van der Waals surface area contributed by atoms with E-state index in [4.69, 9.17) is 16.3 Å². The summed E-state index contributed by atoms with van der Waals surface area (Å²) >= 11 is 6.06. The first kappa shape index (κ1) is 22.0. The van der Waals surface area contributed by atoms with Gasteiger partial charge in [0.05, 0.1) is 24.2 Å². The predicted molar refractivity (Wildman–Crippen MR) is 119 cm³/mol. The van der Waals surface area contributed by atoms with Crippen LogP contribution in [0.15, 0.2) is 66.9 Å². The van der Waals surface area contributed by atoms with Crippen molar-refractivity contribution in [2.24, 2.45) is 0 Å². The van der Waals surface area contributed by atoms with Crippen LogP contribution in [0.4, 0.5) is 13.2 Å². The van der Waals surface area contributed by atoms with Gasteiger partial charge in [-0.15, -0.1) is 0 Å². The fraction of sp³-hybridized carbons (Fsp3) is 0.160. The molecule has 7 heteroatoms. The predicted octanol–water partition coefficient (Wildman–Crippen LogP) is 7.17. The van der Waals surface area contributed by atoms with Crippen molar-refractivity contribution < 1.29 is 22.7 Å². The highest BCUT2D eigenvalue weighted by Gasteiger charge is 2.33. The lowest BCUT2D eigenvalue weighted by atomic mass is 9.82. The Balaban J connectivity index is 1.96. The molecule has 32 heavy (non-hydrogen) atoms. The Morgan fingerprint density at radius 2 is 1.78 bits per heavy atom. The second-order valence-corrected chi connectivity index (χ2v) is 7.94. The van der Waals surface area contributed by atoms with Crippen LogP contribution in [0.5, 0.6) is 5.75 Å². The molecule has 0 aliphatic rings. The molecule has 0 aliphatic carbocycles. The van der Waals surface area contributed by atoms with Crippen molar-refractivity contribution in [1.82, 2.24) is 4.98 Å². The Morgan fingerprint density at radius 3 is 2.47 bits per heavy atom. The number of ether oxygens (including phenoxy) is 1. The second-order valence-electron chi connectivity index (χ2n) is 7.50. The third kappa shape index (κ3) is 3.98. The molecular formula is C25H19ClF3NO2. The minimum absolute atomic E-state index is 0.298. The van der Waals surface area contributed by atoms with Crippen LogP contribution >= 0.6 is 11.6 Å². The molecule has 3 nitrogen and oxygen atoms in total. The molecule has 1 unspecified atom stereocenters. The molecule has 0 fully saturated rings. The highest BCUT2D eigenvalue weighted by Crippen LogP contribution is 2.39. The normalized spacial score (nSPS) is 12.7. The van der Waals surface area contributed by atoms with Crippen LogP contribution in [0, 0.1) is 6.92 Å². The number of halogens is 4. The van der Waals surface area contributed by atoms with Crippen molar-refractivity contribution >= 4 is 28.3 Å². The number of ketones is 1. The third-order valence-corrected chi connectivity index (χ3v) is 5.78. The lowest BCUT2D eigenvalue weighted by Gasteiger charge is -2.20. The molecule has 0 saturated heterocycles. The summed E-state index contributed by atoms with van der Waals surface area (Å²) in [7, 11) is 1.44. The standard InChI is InChI=1S/C25H19ClF3NO2/c1-14-5-3-4-6-17(14)23(24(31)18-9-8-16(26)12-22(18)32-2)20-13-30-21-10-7-15(11-19(20)21)25(27,28)29/h3-13,23,30H,1-2H3. The van der Waals surface area contributed by atoms with Gasteiger partial charge in [-0.05, 0) is 60.0 Å². The first-order chi connectivity index (χ1) is 15.2. The van der Waals surface area contributed by atoms with E-state index in [0.29, 0.717) is 38.4 Å². The van der Waals surface area contributed by atoms with Crippen LogP contribution in [-0.4, -0.2) is 17.9 Å². The highest BCUT2D eigenvalue weighted by atomic mass is 35.5. The van der Waals surface area contributed by atoms with E-state index >= 15 is 0 Å². The Bertz CT molecular complexity index is 1310. The summed E-state index contributed by atoms with van der Waals surface area (Å²) in [6.07, 6.45) is -2.90. The fourth-order valence-electron chi connectivity index (χ4n) is 3.94. The zero-order valence-corrected chi connectivity index (χ0v) is 18.0. The summed E-state index contributed by atoms with van der Waals surface area (Å²) in [5.74, 6) is -0.841. The Hall–Kier alpha value is -3.25. The molecule has 0 radical (unpaired) electrons. The van der Waals surface area contributed by atoms with Gasteiger partial charge in [0.1, 0.15) is 5.75 Å². The zero-order chi connectivity index (χ0) is 23.0. The number of rotatable bonds is 5. The molecule has 1 heterocycles. The van der Waals surface area contributed by atoms with E-state index in [2.05, 4.69) is 4.98 Å². The van der Waals surface area contributed by atoms with Crippen molar-refractivity contribution in [2.75, 3.05) is 7.11 Å². The summed E-state index contributed by atoms with van der Waals surface area (Å²) in [4.78, 5) is 16.9. The average molecular weight is 458 g/mol. The van der Waals surface area contributed by atoms with Crippen LogP contribution < -0.4 is 4.74 Å². The largest absolute Gasteiger partial charge is 0.496 e. The number of carbonyl (C=O) groups excluding carboxylic acids is 1. The Morgan fingerprint density at radius 1 is 1.03 bits per heavy atom. The van der Waals surface area contributed by atoms with Gasteiger partial charge in [-0.25, -0.2) is 0 Å². The minimum atomic E-state index is -4.50. The van der Waals surface area contributed by atoms with Gasteiger partial charge in [-0.1, -0.05) is 35.9 Å². The van der Waals surface area contributed by atoms with E-state index in [1.165, 1.54) is 13.2 Å². The molecule has 164 valence electrons. The van der Waals surface area contributed by atoms with Gasteiger partial charge >= 0.3 is 6.18 Å². The quantitative estimate of drug-likeness (QED) is 0.323. The molecule has 0 saturated carbocycles. The lowest BCUT2D eigenvalue weighted by molar-refractivity contribution is -0.137. The van der Waals surface area contributed by atoms with Gasteiger partial charge < -0.3 is 9.72 Å². The number of hydrogen-bond donors (Lipinski definition) is 1. The average Bonchev–Trinajstić information content (AvgIpc) is 3.17. The van der Waals surface area contributed by atoms with E-state index in [0.717, 1.165) is 17.7 Å². The summed E-state index contributed by atoms with van der Waals surface area (Å²) in [6, 6.07) is 15.5. The Labute approximate surface area is 187 Å². The van der Waals surface area contributed by atoms with E-state index in [1.54, 1.807) is 30.5 Å². The van der Waals surface area contributed by atoms with Crippen molar-refractivity contribution in [3.8, 4) is 5.75 Å². The second kappa shape index (κ2) is 8.36. The first-order valence-corrected chi connectivity index (χ1v) is 10.2. The number of H-pyrrole nitrogens is 1. The van der Waals surface area contributed by atoms with Gasteiger partial charge in [0, 0.05) is 22.1 Å². The first-order valence-electron chi connectivity index (χ1n) is 9.82. The number of alkyl halides is 3. The molecule has 4 rings (SSSR count). The number of aryl methyl sites for hydroxylation is 1. The maximum absolute atomic E-state index is 13.9. The van der Waals surface area contributed by atoms with Gasteiger partial charge in [0.25, 0.3) is 0 Å². The Kier molecular flexibility index (Phi) is 5.73. The zero-order valence-electron chi connectivity index (χ0n) is 17.3. The number of Topliss-reactive ketones (excluding diaryl/α,β-unsaturated/α-hetero) is 1. The van der Waals surface area contributed by atoms with E-state index in [-0.39, 0.29) is 5.78 Å². The van der Waals surface area contributed by atoms with Gasteiger partial charge in [-0.3, -0.25) is 4.79 Å². The van der Waals surface area contributed by atoms with E-state index in [1.807, 2.05) is 25.1 Å². The topological polar surface area (TPSA) is 42.1 Å². The number of hydrogen-bond acceptors (Lipinski definition) is 2. The van der Waals surface area contributed by atoms with Crippen LogP contribution in [-0.2, 0) is 6.18 Å². The maximum Gasteiger partial charge on any atom is 0.416 e. The third-order valence-electron chi connectivity index (χ3n) is 5.54. The SMILES string of the molecule is COc1cc(Cl)ccc1C(=O)C(c1ccccc1C)c1c[nH]c2ccc(C(F)(F)F)cc12. The van der Waals surface area contributed by atoms with Crippen LogP contribution in [0.1, 0.15) is 38.5 Å². The maximum atomic E-state index is 13.9. The molecule has 0 spiro atoms. The van der Waals surface area contributed by atoms with Crippen molar-refractivity contribution in [3.63, 3.8) is 0 Å². The fourth-order valence-corrected chi connectivity index (χ4v) is 4.10. The molecule has 3 aromatic carbocycles. The highest BCUT2D eigenvalue weighted by molar-refractivity contribution is 6.31. The van der Waals surface area contributed by atoms with Crippen molar-refractivity contribution in [1.29, 1.82) is 0 Å². The molecular weight excluding hydrogens is 439 g/mol.